The highest BCUT2D eigenvalue weighted by atomic mass is 16.5. The van der Waals surface area contributed by atoms with Crippen LogP contribution in [0.15, 0.2) is 67.0 Å². The van der Waals surface area contributed by atoms with E-state index in [0.717, 1.165) is 0 Å². The molecule has 13 nitrogen and oxygen atoms in total. The lowest BCUT2D eigenvalue weighted by molar-refractivity contribution is 0.0497. The van der Waals surface area contributed by atoms with E-state index in [1.807, 2.05) is 0 Å². The summed E-state index contributed by atoms with van der Waals surface area (Å²) in [6.45, 7) is 0.127. The molecular weight excluding hydrogens is 550 g/mol. The Morgan fingerprint density at radius 1 is 0.619 bits per heavy atom. The molecule has 0 radical (unpaired) electrons. The lowest BCUT2D eigenvalue weighted by Gasteiger charge is -2.09. The second-order valence-corrected chi connectivity index (χ2v) is 8.65. The van der Waals surface area contributed by atoms with Gasteiger partial charge in [0.2, 0.25) is 0 Å². The predicted molar refractivity (Wildman–Crippen MR) is 146 cm³/mol. The number of carbonyl (C=O) groups is 6. The smallest absolute Gasteiger partial charge is 0.339 e. The molecule has 1 aromatic heterocycles. The van der Waals surface area contributed by atoms with Crippen molar-refractivity contribution in [3.63, 3.8) is 0 Å². The van der Waals surface area contributed by atoms with Crippen LogP contribution < -0.4 is 10.6 Å². The molecule has 0 bridgehead atoms. The number of carbonyl (C=O) groups excluding carboxylic acids is 4. The van der Waals surface area contributed by atoms with Gasteiger partial charge in [-0.15, -0.1) is 0 Å². The Balaban J connectivity index is 1.38. The molecule has 42 heavy (non-hydrogen) atoms. The van der Waals surface area contributed by atoms with Gasteiger partial charge >= 0.3 is 23.9 Å². The largest absolute Gasteiger partial charge is 0.478 e. The first-order chi connectivity index (χ1) is 20.2. The van der Waals surface area contributed by atoms with Crippen molar-refractivity contribution in [1.82, 2.24) is 15.6 Å². The number of esters is 2. The van der Waals surface area contributed by atoms with E-state index in [-0.39, 0.29) is 72.5 Å². The van der Waals surface area contributed by atoms with Gasteiger partial charge < -0.3 is 30.3 Å². The SMILES string of the molecule is O=C(OCCCNC(=O)c1ccccc1C(=O)O)c1cncc(C(=O)OCCCNC(=O)c2ccccc2C(=O)O)c1. The number of rotatable bonds is 14. The molecule has 3 aromatic rings. The zero-order valence-corrected chi connectivity index (χ0v) is 22.2. The van der Waals surface area contributed by atoms with Gasteiger partial charge in [-0.3, -0.25) is 14.6 Å². The Hall–Kier alpha value is -5.59. The summed E-state index contributed by atoms with van der Waals surface area (Å²) in [7, 11) is 0. The lowest BCUT2D eigenvalue weighted by atomic mass is 10.1. The Morgan fingerprint density at radius 3 is 1.38 bits per heavy atom. The Labute approximate surface area is 239 Å². The van der Waals surface area contributed by atoms with E-state index >= 15 is 0 Å². The van der Waals surface area contributed by atoms with Crippen molar-refractivity contribution in [2.75, 3.05) is 26.3 Å². The molecule has 4 N–H and O–H groups in total. The summed E-state index contributed by atoms with van der Waals surface area (Å²) in [6, 6.07) is 12.8. The van der Waals surface area contributed by atoms with Crippen LogP contribution in [-0.4, -0.2) is 77.2 Å². The lowest BCUT2D eigenvalue weighted by Crippen LogP contribution is -2.27. The molecule has 218 valence electrons. The fourth-order valence-corrected chi connectivity index (χ4v) is 3.63. The third-order valence-electron chi connectivity index (χ3n) is 5.69. The van der Waals surface area contributed by atoms with Crippen molar-refractivity contribution < 1.29 is 48.5 Å². The maximum atomic E-state index is 12.4. The number of pyridine rings is 1. The number of amides is 2. The number of aromatic nitrogens is 1. The van der Waals surface area contributed by atoms with E-state index in [4.69, 9.17) is 9.47 Å². The number of nitrogens with one attached hydrogen (secondary N) is 2. The summed E-state index contributed by atoms with van der Waals surface area (Å²) in [6.07, 6.45) is 2.93. The van der Waals surface area contributed by atoms with Gasteiger partial charge in [0.05, 0.1) is 46.6 Å². The van der Waals surface area contributed by atoms with E-state index < -0.39 is 35.7 Å². The fourth-order valence-electron chi connectivity index (χ4n) is 3.63. The summed E-state index contributed by atoms with van der Waals surface area (Å²) in [4.78, 5) is 75.6. The zero-order valence-electron chi connectivity index (χ0n) is 22.2. The second kappa shape index (κ2) is 15.3. The minimum absolute atomic E-state index is 0.00762. The van der Waals surface area contributed by atoms with Gasteiger partial charge in [0, 0.05) is 25.5 Å². The molecular formula is C29H27N3O10. The number of hydrogen-bond donors (Lipinski definition) is 4. The van der Waals surface area contributed by atoms with Gasteiger partial charge in [0.15, 0.2) is 0 Å². The molecule has 0 aliphatic rings. The number of aromatic carboxylic acids is 2. The summed E-state index contributed by atoms with van der Waals surface area (Å²) in [5, 5.41) is 23.5. The van der Waals surface area contributed by atoms with Crippen molar-refractivity contribution >= 4 is 35.7 Å². The summed E-state index contributed by atoms with van der Waals surface area (Å²) >= 11 is 0. The van der Waals surface area contributed by atoms with Gasteiger partial charge in [-0.25, -0.2) is 19.2 Å². The van der Waals surface area contributed by atoms with Crippen LogP contribution in [0.3, 0.4) is 0 Å². The second-order valence-electron chi connectivity index (χ2n) is 8.65. The van der Waals surface area contributed by atoms with Crippen LogP contribution in [0.2, 0.25) is 0 Å². The van der Waals surface area contributed by atoms with E-state index in [2.05, 4.69) is 15.6 Å². The molecule has 2 aromatic carbocycles. The van der Waals surface area contributed by atoms with Crippen LogP contribution in [0.25, 0.3) is 0 Å². The predicted octanol–water partition coefficient (Wildman–Crippen LogP) is 2.43. The highest BCUT2D eigenvalue weighted by Crippen LogP contribution is 2.10. The monoisotopic (exact) mass is 577 g/mol. The molecule has 0 aliphatic heterocycles. The van der Waals surface area contributed by atoms with Gasteiger partial charge in [0.1, 0.15) is 0 Å². The first-order valence-corrected chi connectivity index (χ1v) is 12.7. The maximum Gasteiger partial charge on any atom is 0.339 e. The van der Waals surface area contributed by atoms with E-state index in [9.17, 15) is 39.0 Å². The third-order valence-corrected chi connectivity index (χ3v) is 5.69. The number of carboxylic acid groups (broad SMARTS) is 2. The van der Waals surface area contributed by atoms with Crippen LogP contribution in [-0.2, 0) is 9.47 Å². The first-order valence-electron chi connectivity index (χ1n) is 12.7. The van der Waals surface area contributed by atoms with Crippen molar-refractivity contribution in [2.24, 2.45) is 0 Å². The molecule has 0 unspecified atom stereocenters. The number of ether oxygens (including phenoxy) is 2. The van der Waals surface area contributed by atoms with Gasteiger partial charge in [-0.2, -0.15) is 0 Å². The number of hydrogen-bond acceptors (Lipinski definition) is 9. The maximum absolute atomic E-state index is 12.4. The van der Waals surface area contributed by atoms with Gasteiger partial charge in [0.25, 0.3) is 11.8 Å². The van der Waals surface area contributed by atoms with Crippen molar-refractivity contribution in [2.45, 2.75) is 12.8 Å². The molecule has 1 heterocycles. The topological polar surface area (TPSA) is 198 Å². The van der Waals surface area contributed by atoms with Gasteiger partial charge in [-0.1, -0.05) is 24.3 Å². The Bertz CT molecular complexity index is 1380. The number of carboxylic acids is 2. The van der Waals surface area contributed by atoms with Crippen LogP contribution >= 0.6 is 0 Å². The van der Waals surface area contributed by atoms with Crippen LogP contribution in [0, 0.1) is 0 Å². The summed E-state index contributed by atoms with van der Waals surface area (Å²) < 4.78 is 10.3. The Kier molecular flexibility index (Phi) is 11.2. The van der Waals surface area contributed by atoms with Crippen molar-refractivity contribution in [1.29, 1.82) is 0 Å². The molecule has 0 aliphatic carbocycles. The molecule has 0 spiro atoms. The normalized spacial score (nSPS) is 10.3. The number of nitrogens with zero attached hydrogens (tertiary/aromatic N) is 1. The minimum atomic E-state index is -1.22. The molecule has 0 atom stereocenters. The quantitative estimate of drug-likeness (QED) is 0.162. The molecule has 0 fully saturated rings. The molecule has 2 amide bonds. The molecule has 3 rings (SSSR count). The fraction of sp³-hybridized carbons (Fsp3) is 0.207. The summed E-state index contributed by atoms with van der Waals surface area (Å²) in [5.41, 5.74) is -0.205. The average molecular weight is 578 g/mol. The van der Waals surface area contributed by atoms with Crippen molar-refractivity contribution in [3.8, 4) is 0 Å². The summed E-state index contributed by atoms with van der Waals surface area (Å²) in [5.74, 6) is -5.08. The van der Waals surface area contributed by atoms with E-state index in [1.54, 1.807) is 12.1 Å². The molecule has 0 saturated heterocycles. The van der Waals surface area contributed by atoms with Crippen molar-refractivity contribution in [3.05, 3.63) is 100 Å². The number of benzene rings is 2. The highest BCUT2D eigenvalue weighted by Gasteiger charge is 2.17. The highest BCUT2D eigenvalue weighted by molar-refractivity contribution is 6.05. The van der Waals surface area contributed by atoms with E-state index in [1.165, 1.54) is 54.9 Å². The molecule has 0 saturated carbocycles. The van der Waals surface area contributed by atoms with E-state index in [0.29, 0.717) is 0 Å². The standard InChI is InChI=1S/C29H27N3O10/c33-24(20-7-1-3-9-22(20)26(35)36)31-11-5-13-41-28(39)18-15-19(17-30-16-18)29(40)42-14-6-12-32-25(34)21-8-2-4-10-23(21)27(37)38/h1-4,7-10,15-17H,5-6,11-14H2,(H,31,33)(H,32,34)(H,35,36)(H,37,38). The third kappa shape index (κ3) is 8.71. The van der Waals surface area contributed by atoms with Crippen LogP contribution in [0.4, 0.5) is 0 Å². The Morgan fingerprint density at radius 2 is 1.00 bits per heavy atom. The zero-order chi connectivity index (χ0) is 30.5. The van der Waals surface area contributed by atoms with Crippen LogP contribution in [0.1, 0.15) is 75.0 Å². The minimum Gasteiger partial charge on any atom is -0.478 e. The van der Waals surface area contributed by atoms with Gasteiger partial charge in [-0.05, 0) is 43.2 Å². The van der Waals surface area contributed by atoms with Crippen LogP contribution in [0.5, 0.6) is 0 Å². The average Bonchev–Trinajstić information content (AvgIpc) is 3.00. The first kappa shape index (κ1) is 30.9. The molecule has 13 heteroatoms.